The summed E-state index contributed by atoms with van der Waals surface area (Å²) in [4.78, 5) is 13.0. The average Bonchev–Trinajstić information content (AvgIpc) is 1.87. The lowest BCUT2D eigenvalue weighted by Crippen LogP contribution is -2.45. The minimum Gasteiger partial charge on any atom is -0.298 e. The lowest BCUT2D eigenvalue weighted by atomic mass is 9.96. The first-order chi connectivity index (χ1) is 4.95. The van der Waals surface area contributed by atoms with E-state index in [-0.39, 0.29) is 5.78 Å². The second kappa shape index (κ2) is 3.51. The van der Waals surface area contributed by atoms with Crippen LogP contribution in [0.3, 0.4) is 0 Å². The van der Waals surface area contributed by atoms with E-state index >= 15 is 0 Å². The maximum Gasteiger partial charge on any atom is 0.154 e. The summed E-state index contributed by atoms with van der Waals surface area (Å²) in [5, 5.41) is 0. The van der Waals surface area contributed by atoms with Crippen LogP contribution in [0.15, 0.2) is 18.4 Å². The number of carbonyl (C=O) groups is 1. The number of carbonyl (C=O) groups excluding carboxylic acids is 1. The average molecular weight is 153 g/mol. The van der Waals surface area contributed by atoms with Gasteiger partial charge < -0.3 is 0 Å². The van der Waals surface area contributed by atoms with Crippen molar-refractivity contribution in [3.63, 3.8) is 0 Å². The number of nitrogens with zero attached hydrogens (tertiary/aromatic N) is 1. The van der Waals surface area contributed by atoms with E-state index in [1.807, 2.05) is 25.9 Å². The van der Waals surface area contributed by atoms with Crippen molar-refractivity contribution in [2.75, 3.05) is 14.1 Å². The fraction of sp³-hybridized carbons (Fsp3) is 0.556. The molecule has 0 aromatic rings. The molecule has 0 aliphatic rings. The molecule has 0 aromatic heterocycles. The molecule has 11 heavy (non-hydrogen) atoms. The molecule has 0 amide bonds. The zero-order chi connectivity index (χ0) is 9.07. The maximum atomic E-state index is 11.2. The Labute approximate surface area is 68.2 Å². The third-order valence-corrected chi connectivity index (χ3v) is 2.02. The van der Waals surface area contributed by atoms with E-state index in [9.17, 15) is 4.79 Å². The number of Topliss-reactive ketones (excluding diaryl/α,β-unsaturated/α-hetero) is 1. The van der Waals surface area contributed by atoms with Crippen LogP contribution in [0.1, 0.15) is 13.8 Å². The van der Waals surface area contributed by atoms with Crippen molar-refractivity contribution >= 4 is 5.78 Å². The minimum atomic E-state index is -0.554. The van der Waals surface area contributed by atoms with Gasteiger partial charge >= 0.3 is 0 Å². The van der Waals surface area contributed by atoms with E-state index < -0.39 is 5.54 Å². The molecule has 0 spiro atoms. The van der Waals surface area contributed by atoms with Crippen LogP contribution in [0.25, 0.3) is 0 Å². The Morgan fingerprint density at radius 2 is 2.09 bits per heavy atom. The van der Waals surface area contributed by atoms with E-state index in [1.165, 1.54) is 0 Å². The van der Waals surface area contributed by atoms with Crippen LogP contribution in [-0.2, 0) is 4.79 Å². The summed E-state index contributed by atoms with van der Waals surface area (Å²) in [5.41, 5.74) is 2.08. The Kier molecular flexibility index (Phi) is 3.24. The lowest BCUT2D eigenvalue weighted by Gasteiger charge is -2.29. The number of rotatable bonds is 3. The van der Waals surface area contributed by atoms with Crippen LogP contribution in [0, 0.1) is 0 Å². The molecule has 62 valence electrons. The third-order valence-electron chi connectivity index (χ3n) is 2.02. The minimum absolute atomic E-state index is 0.0960. The second-order valence-electron chi connectivity index (χ2n) is 2.95. The summed E-state index contributed by atoms with van der Waals surface area (Å²) < 4.78 is 0. The molecule has 0 heterocycles. The normalized spacial score (nSPS) is 15.4. The van der Waals surface area contributed by atoms with Crippen LogP contribution in [0.2, 0.25) is 0 Å². The van der Waals surface area contributed by atoms with Crippen LogP contribution in [0.5, 0.6) is 0 Å². The molecule has 0 rings (SSSR count). The van der Waals surface area contributed by atoms with Crippen molar-refractivity contribution in [1.82, 2.24) is 4.90 Å². The molecule has 0 saturated heterocycles. The monoisotopic (exact) mass is 153 g/mol. The Bertz CT molecular complexity index is 198. The van der Waals surface area contributed by atoms with Crippen molar-refractivity contribution < 1.29 is 4.79 Å². The predicted octanol–water partition coefficient (Wildman–Crippen LogP) is 1.24. The summed E-state index contributed by atoms with van der Waals surface area (Å²) in [5.74, 6) is 0.0960. The standard InChI is InChI=1S/C9H15NO/c1-6-7-9(3,8(2)11)10(4)5/h7H,1H2,2-5H3. The largest absolute Gasteiger partial charge is 0.298 e. The zero-order valence-electron chi connectivity index (χ0n) is 7.64. The van der Waals surface area contributed by atoms with Crippen molar-refractivity contribution in [3.8, 4) is 0 Å². The highest BCUT2D eigenvalue weighted by Crippen LogP contribution is 2.13. The van der Waals surface area contributed by atoms with Crippen molar-refractivity contribution in [3.05, 3.63) is 18.4 Å². The fourth-order valence-corrected chi connectivity index (χ4v) is 0.744. The molecule has 0 aromatic carbocycles. The summed E-state index contributed by atoms with van der Waals surface area (Å²) in [7, 11) is 3.71. The van der Waals surface area contributed by atoms with Crippen molar-refractivity contribution in [2.24, 2.45) is 0 Å². The van der Waals surface area contributed by atoms with Crippen LogP contribution in [0.4, 0.5) is 0 Å². The molecule has 2 nitrogen and oxygen atoms in total. The van der Waals surface area contributed by atoms with Gasteiger partial charge in [0.25, 0.3) is 0 Å². The van der Waals surface area contributed by atoms with Crippen molar-refractivity contribution in [1.29, 1.82) is 0 Å². The van der Waals surface area contributed by atoms with Crippen molar-refractivity contribution in [2.45, 2.75) is 19.4 Å². The molecule has 1 atom stereocenters. The van der Waals surface area contributed by atoms with E-state index in [4.69, 9.17) is 0 Å². The van der Waals surface area contributed by atoms with E-state index in [0.717, 1.165) is 0 Å². The molecule has 2 heteroatoms. The van der Waals surface area contributed by atoms with E-state index in [2.05, 4.69) is 12.3 Å². The predicted molar refractivity (Wildman–Crippen MR) is 46.5 cm³/mol. The number of ketones is 1. The number of hydrogen-bond donors (Lipinski definition) is 0. The fourth-order valence-electron chi connectivity index (χ4n) is 0.744. The number of likely N-dealkylation sites (N-methyl/N-ethyl adjacent to an activating group) is 1. The summed E-state index contributed by atoms with van der Waals surface area (Å²) in [6.45, 7) is 6.86. The van der Waals surface area contributed by atoms with Gasteiger partial charge in [-0.2, -0.15) is 0 Å². The molecule has 1 unspecified atom stereocenters. The second-order valence-corrected chi connectivity index (χ2v) is 2.95. The highest BCUT2D eigenvalue weighted by atomic mass is 16.1. The first kappa shape index (κ1) is 10.2. The van der Waals surface area contributed by atoms with Gasteiger partial charge in [0.05, 0.1) is 0 Å². The maximum absolute atomic E-state index is 11.2. The van der Waals surface area contributed by atoms with Gasteiger partial charge in [0, 0.05) is 0 Å². The third kappa shape index (κ3) is 2.04. The quantitative estimate of drug-likeness (QED) is 0.568. The van der Waals surface area contributed by atoms with Crippen LogP contribution >= 0.6 is 0 Å². The highest BCUT2D eigenvalue weighted by Gasteiger charge is 2.28. The Hall–Kier alpha value is -0.850. The molecule has 0 saturated carbocycles. The first-order valence-corrected chi connectivity index (χ1v) is 3.50. The van der Waals surface area contributed by atoms with Gasteiger partial charge in [0.15, 0.2) is 5.78 Å². The molecular weight excluding hydrogens is 138 g/mol. The van der Waals surface area contributed by atoms with Gasteiger partial charge in [-0.1, -0.05) is 6.58 Å². The van der Waals surface area contributed by atoms with Gasteiger partial charge in [-0.15, -0.1) is 5.73 Å². The summed E-state index contributed by atoms with van der Waals surface area (Å²) in [6, 6.07) is 0. The molecule has 0 radical (unpaired) electrons. The topological polar surface area (TPSA) is 20.3 Å². The summed E-state index contributed by atoms with van der Waals surface area (Å²) >= 11 is 0. The number of hydrogen-bond acceptors (Lipinski definition) is 2. The Morgan fingerprint density at radius 1 is 1.64 bits per heavy atom. The van der Waals surface area contributed by atoms with Gasteiger partial charge in [-0.3, -0.25) is 9.69 Å². The van der Waals surface area contributed by atoms with Crippen LogP contribution in [-0.4, -0.2) is 30.3 Å². The first-order valence-electron chi connectivity index (χ1n) is 3.50. The van der Waals surface area contributed by atoms with Gasteiger partial charge in [0.2, 0.25) is 0 Å². The molecule has 0 aliphatic carbocycles. The zero-order valence-corrected chi connectivity index (χ0v) is 7.64. The smallest absolute Gasteiger partial charge is 0.154 e. The van der Waals surface area contributed by atoms with E-state index in [1.54, 1.807) is 13.0 Å². The molecule has 0 aliphatic heterocycles. The van der Waals surface area contributed by atoms with Crippen LogP contribution < -0.4 is 0 Å². The van der Waals surface area contributed by atoms with Gasteiger partial charge in [-0.25, -0.2) is 0 Å². The van der Waals surface area contributed by atoms with Gasteiger partial charge in [0.1, 0.15) is 5.54 Å². The summed E-state index contributed by atoms with van der Waals surface area (Å²) in [6.07, 6.45) is 1.68. The molecular formula is C9H15NO. The van der Waals surface area contributed by atoms with E-state index in [0.29, 0.717) is 0 Å². The lowest BCUT2D eigenvalue weighted by molar-refractivity contribution is -0.124. The Morgan fingerprint density at radius 3 is 2.18 bits per heavy atom. The molecule has 0 bridgehead atoms. The molecule has 0 fully saturated rings. The highest BCUT2D eigenvalue weighted by molar-refractivity contribution is 5.87. The SMILES string of the molecule is C=C=CC(C)(C(C)=O)N(C)C. The molecule has 0 N–H and O–H groups in total. The van der Waals surface area contributed by atoms with Gasteiger partial charge in [-0.05, 0) is 34.0 Å². The Balaban J connectivity index is 4.81.